The summed E-state index contributed by atoms with van der Waals surface area (Å²) in [6, 6.07) is 0. The lowest BCUT2D eigenvalue weighted by atomic mass is 9.76. The number of aliphatic carboxylic acids is 1. The normalized spacial score (nSPS) is 23.8. The molecule has 0 bridgehead atoms. The van der Waals surface area contributed by atoms with Crippen molar-refractivity contribution in [3.05, 3.63) is 0 Å². The van der Waals surface area contributed by atoms with E-state index in [0.29, 0.717) is 12.8 Å². The van der Waals surface area contributed by atoms with E-state index >= 15 is 0 Å². The second-order valence-electron chi connectivity index (χ2n) is 3.45. The van der Waals surface area contributed by atoms with Gasteiger partial charge in [0, 0.05) is 0 Å². The highest BCUT2D eigenvalue weighted by atomic mass is 19.1. The second-order valence-corrected chi connectivity index (χ2v) is 3.45. The van der Waals surface area contributed by atoms with Crippen LogP contribution in [0.2, 0.25) is 0 Å². The highest BCUT2D eigenvalue weighted by Crippen LogP contribution is 2.40. The third-order valence-corrected chi connectivity index (χ3v) is 2.34. The summed E-state index contributed by atoms with van der Waals surface area (Å²) < 4.78 is 13.3. The number of carbonyl (C=O) groups is 1. The Kier molecular flexibility index (Phi) is 2.16. The molecule has 0 heterocycles. The van der Waals surface area contributed by atoms with Crippen molar-refractivity contribution in [2.24, 2.45) is 5.92 Å². The van der Waals surface area contributed by atoms with E-state index in [2.05, 4.69) is 0 Å². The first kappa shape index (κ1) is 8.50. The van der Waals surface area contributed by atoms with Crippen LogP contribution < -0.4 is 0 Å². The lowest BCUT2D eigenvalue weighted by Crippen LogP contribution is -2.35. The molecule has 2 nitrogen and oxygen atoms in total. The third-order valence-electron chi connectivity index (χ3n) is 2.34. The first-order valence-electron chi connectivity index (χ1n) is 3.95. The SMILES string of the molecule is CC(CC1(F)CCC1)C(=O)O. The molecule has 3 heteroatoms. The van der Waals surface area contributed by atoms with Crippen LogP contribution in [0.1, 0.15) is 32.6 Å². The van der Waals surface area contributed by atoms with Gasteiger partial charge >= 0.3 is 5.97 Å². The smallest absolute Gasteiger partial charge is 0.306 e. The van der Waals surface area contributed by atoms with Gasteiger partial charge in [-0.2, -0.15) is 0 Å². The number of hydrogen-bond donors (Lipinski definition) is 1. The van der Waals surface area contributed by atoms with Gasteiger partial charge in [-0.3, -0.25) is 4.79 Å². The van der Waals surface area contributed by atoms with E-state index < -0.39 is 17.6 Å². The summed E-state index contributed by atoms with van der Waals surface area (Å²) in [4.78, 5) is 10.4. The molecule has 1 aliphatic rings. The van der Waals surface area contributed by atoms with Crippen LogP contribution >= 0.6 is 0 Å². The van der Waals surface area contributed by atoms with Crippen LogP contribution in [0, 0.1) is 5.92 Å². The molecule has 0 amide bonds. The molecule has 1 saturated carbocycles. The lowest BCUT2D eigenvalue weighted by molar-refractivity contribution is -0.143. The fourth-order valence-corrected chi connectivity index (χ4v) is 1.40. The first-order valence-corrected chi connectivity index (χ1v) is 3.95. The van der Waals surface area contributed by atoms with Crippen molar-refractivity contribution in [3.63, 3.8) is 0 Å². The van der Waals surface area contributed by atoms with E-state index in [9.17, 15) is 9.18 Å². The second kappa shape index (κ2) is 2.80. The largest absolute Gasteiger partial charge is 0.481 e. The number of rotatable bonds is 3. The molecule has 1 fully saturated rings. The van der Waals surface area contributed by atoms with Crippen molar-refractivity contribution in [1.82, 2.24) is 0 Å². The molecule has 0 aliphatic heterocycles. The van der Waals surface area contributed by atoms with Crippen molar-refractivity contribution in [3.8, 4) is 0 Å². The summed E-state index contributed by atoms with van der Waals surface area (Å²) in [5.74, 6) is -1.44. The van der Waals surface area contributed by atoms with Crippen molar-refractivity contribution >= 4 is 5.97 Å². The Morgan fingerprint density at radius 1 is 1.73 bits per heavy atom. The summed E-state index contributed by atoms with van der Waals surface area (Å²) in [6.07, 6.45) is 2.18. The molecule has 1 aliphatic carbocycles. The van der Waals surface area contributed by atoms with Gasteiger partial charge < -0.3 is 5.11 Å². The monoisotopic (exact) mass is 160 g/mol. The van der Waals surface area contributed by atoms with Gasteiger partial charge in [-0.1, -0.05) is 6.92 Å². The van der Waals surface area contributed by atoms with Crippen LogP contribution in [0.5, 0.6) is 0 Å². The van der Waals surface area contributed by atoms with Crippen LogP contribution in [0.3, 0.4) is 0 Å². The highest BCUT2D eigenvalue weighted by molar-refractivity contribution is 5.69. The van der Waals surface area contributed by atoms with Gasteiger partial charge in [0.2, 0.25) is 0 Å². The minimum absolute atomic E-state index is 0.183. The average molecular weight is 160 g/mol. The number of halogens is 1. The fraction of sp³-hybridized carbons (Fsp3) is 0.875. The van der Waals surface area contributed by atoms with Crippen molar-refractivity contribution in [2.45, 2.75) is 38.3 Å². The van der Waals surface area contributed by atoms with E-state index in [1.807, 2.05) is 0 Å². The van der Waals surface area contributed by atoms with Gasteiger partial charge in [-0.15, -0.1) is 0 Å². The Morgan fingerprint density at radius 2 is 2.27 bits per heavy atom. The molecule has 1 unspecified atom stereocenters. The molecule has 0 aromatic rings. The van der Waals surface area contributed by atoms with Gasteiger partial charge in [0.1, 0.15) is 5.67 Å². The molecule has 0 spiro atoms. The predicted octanol–water partition coefficient (Wildman–Crippen LogP) is 1.99. The van der Waals surface area contributed by atoms with Crippen molar-refractivity contribution < 1.29 is 14.3 Å². The Balaban J connectivity index is 2.35. The summed E-state index contributed by atoms with van der Waals surface area (Å²) >= 11 is 0. The van der Waals surface area contributed by atoms with Crippen molar-refractivity contribution in [2.75, 3.05) is 0 Å². The minimum atomic E-state index is -1.15. The Hall–Kier alpha value is -0.600. The van der Waals surface area contributed by atoms with Gasteiger partial charge in [0.15, 0.2) is 0 Å². The molecule has 0 radical (unpaired) electrons. The molecule has 0 aromatic carbocycles. The van der Waals surface area contributed by atoms with Gasteiger partial charge in [-0.05, 0) is 25.7 Å². The third kappa shape index (κ3) is 1.91. The lowest BCUT2D eigenvalue weighted by Gasteiger charge is -2.34. The predicted molar refractivity (Wildman–Crippen MR) is 39.1 cm³/mol. The van der Waals surface area contributed by atoms with E-state index in [1.54, 1.807) is 6.92 Å². The summed E-state index contributed by atoms with van der Waals surface area (Å²) in [6.45, 7) is 1.56. The van der Waals surface area contributed by atoms with Crippen LogP contribution in [0.4, 0.5) is 4.39 Å². The van der Waals surface area contributed by atoms with Crippen LogP contribution in [-0.2, 0) is 4.79 Å². The van der Waals surface area contributed by atoms with Gasteiger partial charge in [-0.25, -0.2) is 4.39 Å². The fourth-order valence-electron chi connectivity index (χ4n) is 1.40. The van der Waals surface area contributed by atoms with E-state index in [0.717, 1.165) is 6.42 Å². The molecule has 1 N–H and O–H groups in total. The van der Waals surface area contributed by atoms with Crippen molar-refractivity contribution in [1.29, 1.82) is 0 Å². The number of carboxylic acids is 1. The Bertz CT molecular complexity index is 163. The maximum atomic E-state index is 13.3. The van der Waals surface area contributed by atoms with Crippen LogP contribution in [0.15, 0.2) is 0 Å². The van der Waals surface area contributed by atoms with Crippen LogP contribution in [-0.4, -0.2) is 16.7 Å². The molecule has 0 aromatic heterocycles. The maximum absolute atomic E-state index is 13.3. The number of carboxylic acid groups (broad SMARTS) is 1. The topological polar surface area (TPSA) is 37.3 Å². The van der Waals surface area contributed by atoms with E-state index in [1.165, 1.54) is 0 Å². The summed E-state index contributed by atoms with van der Waals surface area (Å²) in [5, 5.41) is 8.50. The Morgan fingerprint density at radius 3 is 2.55 bits per heavy atom. The molecule has 1 atom stereocenters. The van der Waals surface area contributed by atoms with E-state index in [4.69, 9.17) is 5.11 Å². The molecule has 0 saturated heterocycles. The van der Waals surface area contributed by atoms with Crippen LogP contribution in [0.25, 0.3) is 0 Å². The zero-order chi connectivity index (χ0) is 8.48. The molecular weight excluding hydrogens is 147 g/mol. The summed E-state index contributed by atoms with van der Waals surface area (Å²) in [5.41, 5.74) is -1.15. The zero-order valence-corrected chi connectivity index (χ0v) is 6.64. The van der Waals surface area contributed by atoms with Gasteiger partial charge in [0.05, 0.1) is 5.92 Å². The minimum Gasteiger partial charge on any atom is -0.481 e. The molecule has 64 valence electrons. The molecule has 11 heavy (non-hydrogen) atoms. The van der Waals surface area contributed by atoms with E-state index in [-0.39, 0.29) is 6.42 Å². The number of hydrogen-bond acceptors (Lipinski definition) is 1. The molecular formula is C8H13FO2. The summed E-state index contributed by atoms with van der Waals surface area (Å²) in [7, 11) is 0. The molecule has 1 rings (SSSR count). The highest BCUT2D eigenvalue weighted by Gasteiger charge is 2.39. The Labute approximate surface area is 65.4 Å². The maximum Gasteiger partial charge on any atom is 0.306 e. The first-order chi connectivity index (χ1) is 5.03. The average Bonchev–Trinajstić information content (AvgIpc) is 1.84. The quantitative estimate of drug-likeness (QED) is 0.685. The number of alkyl halides is 1. The zero-order valence-electron chi connectivity index (χ0n) is 6.64. The standard InChI is InChI=1S/C8H13FO2/c1-6(7(10)11)5-8(9)3-2-4-8/h6H,2-5H2,1H3,(H,10,11). The van der Waals surface area contributed by atoms with Gasteiger partial charge in [0.25, 0.3) is 0 Å².